The van der Waals surface area contributed by atoms with Crippen LogP contribution in [0.3, 0.4) is 0 Å². The van der Waals surface area contributed by atoms with E-state index in [1.807, 2.05) is 36.6 Å². The molecule has 2 aromatic rings. The number of carbonyl (C=O) groups excluding carboxylic acids is 1. The van der Waals surface area contributed by atoms with E-state index in [4.69, 9.17) is 11.6 Å². The summed E-state index contributed by atoms with van der Waals surface area (Å²) in [6.45, 7) is 4.65. The standard InChI is InChI=1S/C19H25ClN4OS/c1-13-8-9-16(10-17(13)20)24-12-22-23-19(24)26-14(2)18(25)21-11-15-6-4-3-5-7-15/h8-10,12,14-15H,3-7,11H2,1-2H3,(H,21,25). The van der Waals surface area contributed by atoms with E-state index in [1.54, 1.807) is 6.33 Å². The lowest BCUT2D eigenvalue weighted by atomic mass is 9.89. The minimum absolute atomic E-state index is 0.0528. The highest BCUT2D eigenvalue weighted by Gasteiger charge is 2.20. The van der Waals surface area contributed by atoms with Gasteiger partial charge < -0.3 is 5.32 Å². The molecule has 1 amide bonds. The summed E-state index contributed by atoms with van der Waals surface area (Å²) in [7, 11) is 0. The van der Waals surface area contributed by atoms with Crippen LogP contribution in [0.4, 0.5) is 0 Å². The zero-order valence-electron chi connectivity index (χ0n) is 15.2. The number of aromatic nitrogens is 3. The number of thioether (sulfide) groups is 1. The number of amides is 1. The third kappa shape index (κ3) is 4.80. The second-order valence-electron chi connectivity index (χ2n) is 6.93. The number of halogens is 1. The quantitative estimate of drug-likeness (QED) is 0.740. The number of hydrogen-bond donors (Lipinski definition) is 1. The van der Waals surface area contributed by atoms with Gasteiger partial charge in [-0.25, -0.2) is 0 Å². The Labute approximate surface area is 163 Å². The highest BCUT2D eigenvalue weighted by molar-refractivity contribution is 8.00. The molecule has 1 N–H and O–H groups in total. The Hall–Kier alpha value is -1.53. The average molecular weight is 393 g/mol. The lowest BCUT2D eigenvalue weighted by Crippen LogP contribution is -2.35. The summed E-state index contributed by atoms with van der Waals surface area (Å²) in [6.07, 6.45) is 8.00. The van der Waals surface area contributed by atoms with Gasteiger partial charge >= 0.3 is 0 Å². The molecule has 1 aromatic heterocycles. The zero-order valence-corrected chi connectivity index (χ0v) is 16.8. The maximum atomic E-state index is 12.4. The molecule has 1 aliphatic carbocycles. The van der Waals surface area contributed by atoms with Crippen LogP contribution in [0.15, 0.2) is 29.7 Å². The van der Waals surface area contributed by atoms with Crippen molar-refractivity contribution in [3.8, 4) is 5.69 Å². The van der Waals surface area contributed by atoms with Gasteiger partial charge in [-0.3, -0.25) is 9.36 Å². The molecule has 1 aromatic carbocycles. The predicted molar refractivity (Wildman–Crippen MR) is 106 cm³/mol. The van der Waals surface area contributed by atoms with Gasteiger partial charge in [0.2, 0.25) is 5.91 Å². The van der Waals surface area contributed by atoms with E-state index in [0.29, 0.717) is 16.1 Å². The van der Waals surface area contributed by atoms with Gasteiger partial charge in [-0.1, -0.05) is 48.7 Å². The molecule has 26 heavy (non-hydrogen) atoms. The number of aryl methyl sites for hydroxylation is 1. The first-order chi connectivity index (χ1) is 12.5. The van der Waals surface area contributed by atoms with Crippen molar-refractivity contribution in [2.45, 2.75) is 56.4 Å². The minimum atomic E-state index is -0.234. The molecule has 7 heteroatoms. The highest BCUT2D eigenvalue weighted by atomic mass is 35.5. The first-order valence-corrected chi connectivity index (χ1v) is 10.4. The summed E-state index contributed by atoms with van der Waals surface area (Å²) in [5.41, 5.74) is 1.91. The molecule has 1 fully saturated rings. The van der Waals surface area contributed by atoms with E-state index >= 15 is 0 Å². The smallest absolute Gasteiger partial charge is 0.233 e. The zero-order chi connectivity index (χ0) is 18.5. The fourth-order valence-electron chi connectivity index (χ4n) is 3.21. The number of nitrogens with one attached hydrogen (secondary N) is 1. The van der Waals surface area contributed by atoms with Crippen molar-refractivity contribution < 1.29 is 4.79 Å². The summed E-state index contributed by atoms with van der Waals surface area (Å²) < 4.78 is 1.86. The van der Waals surface area contributed by atoms with Crippen LogP contribution in [0.2, 0.25) is 5.02 Å². The molecular weight excluding hydrogens is 368 g/mol. The van der Waals surface area contributed by atoms with Crippen molar-refractivity contribution in [3.05, 3.63) is 35.1 Å². The van der Waals surface area contributed by atoms with Crippen molar-refractivity contribution in [1.82, 2.24) is 20.1 Å². The fourth-order valence-corrected chi connectivity index (χ4v) is 4.25. The molecular formula is C19H25ClN4OS. The van der Waals surface area contributed by atoms with Crippen LogP contribution in [0.1, 0.15) is 44.6 Å². The molecule has 0 aliphatic heterocycles. The lowest BCUT2D eigenvalue weighted by molar-refractivity contribution is -0.120. The number of rotatable bonds is 6. The van der Waals surface area contributed by atoms with Gasteiger partial charge in [0.1, 0.15) is 6.33 Å². The van der Waals surface area contributed by atoms with Gasteiger partial charge in [0.15, 0.2) is 5.16 Å². The Morgan fingerprint density at radius 1 is 1.38 bits per heavy atom. The van der Waals surface area contributed by atoms with E-state index in [0.717, 1.165) is 17.8 Å². The second-order valence-corrected chi connectivity index (χ2v) is 8.64. The summed E-state index contributed by atoms with van der Waals surface area (Å²) in [4.78, 5) is 12.4. The molecule has 1 heterocycles. The molecule has 0 radical (unpaired) electrons. The number of hydrogen-bond acceptors (Lipinski definition) is 4. The maximum Gasteiger partial charge on any atom is 0.233 e. The van der Waals surface area contributed by atoms with Gasteiger partial charge in [0.25, 0.3) is 0 Å². The highest BCUT2D eigenvalue weighted by Crippen LogP contribution is 2.27. The first-order valence-electron chi connectivity index (χ1n) is 9.15. The molecule has 1 atom stereocenters. The number of benzene rings is 1. The van der Waals surface area contributed by atoms with Crippen molar-refractivity contribution in [2.75, 3.05) is 6.54 Å². The van der Waals surface area contributed by atoms with Crippen LogP contribution in [-0.2, 0) is 4.79 Å². The normalized spacial score (nSPS) is 16.4. The third-order valence-corrected chi connectivity index (χ3v) is 6.36. The molecule has 1 saturated carbocycles. The molecule has 1 unspecified atom stereocenters. The van der Waals surface area contributed by atoms with Crippen molar-refractivity contribution in [1.29, 1.82) is 0 Å². The largest absolute Gasteiger partial charge is 0.355 e. The van der Waals surface area contributed by atoms with Crippen molar-refractivity contribution >= 4 is 29.3 Å². The average Bonchev–Trinajstić information content (AvgIpc) is 3.11. The van der Waals surface area contributed by atoms with E-state index in [-0.39, 0.29) is 11.2 Å². The van der Waals surface area contributed by atoms with Gasteiger partial charge in [-0.15, -0.1) is 10.2 Å². The SMILES string of the molecule is Cc1ccc(-n2cnnc2SC(C)C(=O)NCC2CCCCC2)cc1Cl. The Kier molecular flexibility index (Phi) is 6.59. The topological polar surface area (TPSA) is 59.8 Å². The first kappa shape index (κ1) is 19.2. The second kappa shape index (κ2) is 8.91. The predicted octanol–water partition coefficient (Wildman–Crippen LogP) is 4.41. The van der Waals surface area contributed by atoms with Crippen LogP contribution in [0.25, 0.3) is 5.69 Å². The monoisotopic (exact) mass is 392 g/mol. The fraction of sp³-hybridized carbons (Fsp3) is 0.526. The Balaban J connectivity index is 1.60. The van der Waals surface area contributed by atoms with E-state index in [2.05, 4.69) is 15.5 Å². The van der Waals surface area contributed by atoms with E-state index < -0.39 is 0 Å². The van der Waals surface area contributed by atoms with Gasteiger partial charge in [0.05, 0.1) is 10.9 Å². The summed E-state index contributed by atoms with van der Waals surface area (Å²) >= 11 is 7.64. The summed E-state index contributed by atoms with van der Waals surface area (Å²) in [5.74, 6) is 0.681. The van der Waals surface area contributed by atoms with Crippen LogP contribution in [0, 0.1) is 12.8 Å². The molecule has 5 nitrogen and oxygen atoms in total. The Bertz CT molecular complexity index is 758. The summed E-state index contributed by atoms with van der Waals surface area (Å²) in [5, 5.41) is 12.4. The summed E-state index contributed by atoms with van der Waals surface area (Å²) in [6, 6.07) is 5.83. The maximum absolute atomic E-state index is 12.4. The molecule has 0 saturated heterocycles. The molecule has 0 bridgehead atoms. The number of nitrogens with zero attached hydrogens (tertiary/aromatic N) is 3. The molecule has 1 aliphatic rings. The number of carbonyl (C=O) groups is 1. The van der Waals surface area contributed by atoms with Gasteiger partial charge in [-0.2, -0.15) is 0 Å². The van der Waals surface area contributed by atoms with Crippen LogP contribution >= 0.6 is 23.4 Å². The third-order valence-electron chi connectivity index (χ3n) is 4.89. The van der Waals surface area contributed by atoms with E-state index in [9.17, 15) is 4.79 Å². The van der Waals surface area contributed by atoms with E-state index in [1.165, 1.54) is 43.9 Å². The van der Waals surface area contributed by atoms with Crippen molar-refractivity contribution in [3.63, 3.8) is 0 Å². The molecule has 3 rings (SSSR count). The molecule has 0 spiro atoms. The minimum Gasteiger partial charge on any atom is -0.355 e. The van der Waals surface area contributed by atoms with Crippen molar-refractivity contribution in [2.24, 2.45) is 5.92 Å². The lowest BCUT2D eigenvalue weighted by Gasteiger charge is -2.22. The van der Waals surface area contributed by atoms with Gasteiger partial charge in [-0.05, 0) is 50.3 Å². The van der Waals surface area contributed by atoms with Crippen LogP contribution in [0.5, 0.6) is 0 Å². The van der Waals surface area contributed by atoms with Crippen LogP contribution in [-0.4, -0.2) is 32.5 Å². The Morgan fingerprint density at radius 3 is 2.88 bits per heavy atom. The van der Waals surface area contributed by atoms with Crippen LogP contribution < -0.4 is 5.32 Å². The Morgan fingerprint density at radius 2 is 2.15 bits per heavy atom. The molecule has 140 valence electrons. The van der Waals surface area contributed by atoms with Gasteiger partial charge in [0, 0.05) is 11.6 Å².